The summed E-state index contributed by atoms with van der Waals surface area (Å²) in [5.74, 6) is 1.64. The van der Waals surface area contributed by atoms with Gasteiger partial charge in [-0.1, -0.05) is 23.7 Å². The van der Waals surface area contributed by atoms with Gasteiger partial charge in [-0.2, -0.15) is 0 Å². The highest BCUT2D eigenvalue weighted by atomic mass is 35.5. The van der Waals surface area contributed by atoms with Gasteiger partial charge in [-0.15, -0.1) is 0 Å². The first-order valence-corrected chi connectivity index (χ1v) is 9.69. The second-order valence-electron chi connectivity index (χ2n) is 6.43. The molecule has 10 nitrogen and oxygen atoms in total. The summed E-state index contributed by atoms with van der Waals surface area (Å²) in [5, 5.41) is 17.5. The van der Waals surface area contributed by atoms with Crippen molar-refractivity contribution in [2.24, 2.45) is 0 Å². The first-order valence-electron chi connectivity index (χ1n) is 9.31. The zero-order valence-electron chi connectivity index (χ0n) is 16.1. The van der Waals surface area contributed by atoms with E-state index in [0.717, 1.165) is 11.3 Å². The topological polar surface area (TPSA) is 135 Å². The van der Waals surface area contributed by atoms with Crippen molar-refractivity contribution in [1.82, 2.24) is 24.9 Å². The molecule has 0 bridgehead atoms. The van der Waals surface area contributed by atoms with Gasteiger partial charge in [-0.25, -0.2) is 19.9 Å². The second kappa shape index (κ2) is 9.18. The molecule has 156 valence electrons. The maximum absolute atomic E-state index is 10.7. The highest BCUT2D eigenvalue weighted by Crippen LogP contribution is 2.23. The fourth-order valence-corrected chi connectivity index (χ4v) is 2.89. The number of pyridine rings is 1. The molecule has 3 aromatic heterocycles. The maximum Gasteiger partial charge on any atom is 0.287 e. The molecular formula is C20H17ClN8O2. The van der Waals surface area contributed by atoms with Crippen molar-refractivity contribution in [3.63, 3.8) is 0 Å². The quantitative estimate of drug-likeness (QED) is 0.214. The van der Waals surface area contributed by atoms with Crippen LogP contribution in [0.4, 0.5) is 17.5 Å². The van der Waals surface area contributed by atoms with E-state index < -0.39 is 4.92 Å². The largest absolute Gasteiger partial charge is 0.368 e. The Morgan fingerprint density at radius 1 is 0.968 bits per heavy atom. The van der Waals surface area contributed by atoms with Crippen LogP contribution in [-0.2, 0) is 0 Å². The third-order valence-electron chi connectivity index (χ3n) is 4.30. The van der Waals surface area contributed by atoms with Crippen LogP contribution in [0.5, 0.6) is 0 Å². The van der Waals surface area contributed by atoms with E-state index in [0.29, 0.717) is 41.4 Å². The van der Waals surface area contributed by atoms with Crippen LogP contribution in [0.1, 0.15) is 0 Å². The number of halogens is 1. The van der Waals surface area contributed by atoms with E-state index >= 15 is 0 Å². The number of aromatic nitrogens is 5. The van der Waals surface area contributed by atoms with Crippen molar-refractivity contribution in [1.29, 1.82) is 0 Å². The summed E-state index contributed by atoms with van der Waals surface area (Å²) in [7, 11) is 0. The van der Waals surface area contributed by atoms with Gasteiger partial charge in [0.25, 0.3) is 5.69 Å². The van der Waals surface area contributed by atoms with Crippen molar-refractivity contribution in [3.8, 4) is 22.8 Å². The second-order valence-corrected chi connectivity index (χ2v) is 6.87. The summed E-state index contributed by atoms with van der Waals surface area (Å²) in [6.45, 7) is 1.05. The zero-order chi connectivity index (χ0) is 21.6. The average molecular weight is 437 g/mol. The molecule has 0 spiro atoms. The average Bonchev–Trinajstić information content (AvgIpc) is 3.28. The predicted molar refractivity (Wildman–Crippen MR) is 118 cm³/mol. The van der Waals surface area contributed by atoms with Gasteiger partial charge >= 0.3 is 0 Å². The number of hydrogen-bond donors (Lipinski definition) is 3. The Balaban J connectivity index is 1.34. The molecule has 0 aliphatic rings. The number of benzene rings is 1. The van der Waals surface area contributed by atoms with Gasteiger partial charge < -0.3 is 15.6 Å². The van der Waals surface area contributed by atoms with Gasteiger partial charge in [0.1, 0.15) is 17.7 Å². The molecule has 4 rings (SSSR count). The van der Waals surface area contributed by atoms with Crippen LogP contribution in [0.15, 0.2) is 61.1 Å². The maximum atomic E-state index is 10.7. The Morgan fingerprint density at radius 3 is 2.52 bits per heavy atom. The molecule has 1 aromatic carbocycles. The van der Waals surface area contributed by atoms with Crippen molar-refractivity contribution in [3.05, 3.63) is 76.2 Å². The lowest BCUT2D eigenvalue weighted by atomic mass is 10.2. The Hall–Kier alpha value is -4.05. The standard InChI is InChI=1S/C20H17ClN8O2/c21-14-3-1-13(2-4-14)17-12-26-19(27-17)16-7-8-23-20(28-16)24-10-9-22-18-6-5-15(11-25-18)29(30)31/h1-8,11-12H,9-10H2,(H,22,25)(H,26,27)(H,23,24,28). The molecule has 4 aromatic rings. The molecule has 3 heterocycles. The molecule has 0 unspecified atom stereocenters. The van der Waals surface area contributed by atoms with Gasteiger partial charge in [0.05, 0.1) is 16.8 Å². The van der Waals surface area contributed by atoms with Crippen LogP contribution in [0.2, 0.25) is 5.02 Å². The summed E-state index contributed by atoms with van der Waals surface area (Å²) < 4.78 is 0. The van der Waals surface area contributed by atoms with E-state index in [9.17, 15) is 10.1 Å². The molecule has 0 radical (unpaired) electrons. The fourth-order valence-electron chi connectivity index (χ4n) is 2.77. The summed E-state index contributed by atoms with van der Waals surface area (Å²) >= 11 is 5.94. The highest BCUT2D eigenvalue weighted by molar-refractivity contribution is 6.30. The van der Waals surface area contributed by atoms with Gasteiger partial charge in [-0.3, -0.25) is 10.1 Å². The number of hydrogen-bond acceptors (Lipinski definition) is 8. The first kappa shape index (κ1) is 20.2. The normalized spacial score (nSPS) is 10.6. The minimum absolute atomic E-state index is 0.0500. The predicted octanol–water partition coefficient (Wildman–Crippen LogP) is 4.01. The van der Waals surface area contributed by atoms with E-state index in [1.165, 1.54) is 12.3 Å². The minimum Gasteiger partial charge on any atom is -0.368 e. The van der Waals surface area contributed by atoms with Crippen LogP contribution in [0.25, 0.3) is 22.8 Å². The first-order chi connectivity index (χ1) is 15.1. The molecular weight excluding hydrogens is 420 g/mol. The third-order valence-corrected chi connectivity index (χ3v) is 4.55. The fraction of sp³-hybridized carbons (Fsp3) is 0.100. The van der Waals surface area contributed by atoms with Crippen LogP contribution in [-0.4, -0.2) is 42.9 Å². The van der Waals surface area contributed by atoms with Crippen LogP contribution in [0.3, 0.4) is 0 Å². The molecule has 0 fully saturated rings. The molecule has 0 amide bonds. The molecule has 0 atom stereocenters. The number of imidazole rings is 1. The number of nitrogens with one attached hydrogen (secondary N) is 3. The van der Waals surface area contributed by atoms with E-state index in [4.69, 9.17) is 11.6 Å². The van der Waals surface area contributed by atoms with Gasteiger partial charge in [0.15, 0.2) is 5.82 Å². The lowest BCUT2D eigenvalue weighted by Crippen LogP contribution is -2.15. The van der Waals surface area contributed by atoms with E-state index in [-0.39, 0.29) is 5.69 Å². The minimum atomic E-state index is -0.486. The number of aromatic amines is 1. The molecule has 3 N–H and O–H groups in total. The SMILES string of the molecule is O=[N+]([O-])c1ccc(NCCNc2nccc(-c3ncc(-c4ccc(Cl)cc4)[nH]3)n2)nc1. The lowest BCUT2D eigenvalue weighted by Gasteiger charge is -2.07. The number of rotatable bonds is 8. The number of nitrogens with zero attached hydrogens (tertiary/aromatic N) is 5. The monoisotopic (exact) mass is 436 g/mol. The third kappa shape index (κ3) is 5.11. The number of H-pyrrole nitrogens is 1. The summed E-state index contributed by atoms with van der Waals surface area (Å²) in [6.07, 6.45) is 4.61. The van der Waals surface area contributed by atoms with Crippen molar-refractivity contribution in [2.75, 3.05) is 23.7 Å². The Labute approximate surface area is 181 Å². The summed E-state index contributed by atoms with van der Waals surface area (Å²) in [6, 6.07) is 12.2. The number of nitro groups is 1. The van der Waals surface area contributed by atoms with E-state index in [1.54, 1.807) is 24.5 Å². The van der Waals surface area contributed by atoms with Crippen LogP contribution in [0, 0.1) is 10.1 Å². The van der Waals surface area contributed by atoms with E-state index in [2.05, 4.69) is 35.6 Å². The van der Waals surface area contributed by atoms with Crippen LogP contribution >= 0.6 is 11.6 Å². The van der Waals surface area contributed by atoms with Crippen molar-refractivity contribution in [2.45, 2.75) is 0 Å². The van der Waals surface area contributed by atoms with Crippen molar-refractivity contribution >= 4 is 29.1 Å². The Morgan fingerprint density at radius 2 is 1.77 bits per heavy atom. The smallest absolute Gasteiger partial charge is 0.287 e. The molecule has 0 aliphatic carbocycles. The number of anilines is 2. The van der Waals surface area contributed by atoms with Gasteiger partial charge in [-0.05, 0) is 29.8 Å². The van der Waals surface area contributed by atoms with Crippen molar-refractivity contribution < 1.29 is 4.92 Å². The zero-order valence-corrected chi connectivity index (χ0v) is 16.9. The Bertz CT molecular complexity index is 1180. The lowest BCUT2D eigenvalue weighted by molar-refractivity contribution is -0.385. The molecule has 0 saturated heterocycles. The molecule has 0 aliphatic heterocycles. The molecule has 11 heteroatoms. The molecule has 0 saturated carbocycles. The van der Waals surface area contributed by atoms with Crippen LogP contribution < -0.4 is 10.6 Å². The highest BCUT2D eigenvalue weighted by Gasteiger charge is 2.08. The summed E-state index contributed by atoms with van der Waals surface area (Å²) in [4.78, 5) is 30.5. The Kier molecular flexibility index (Phi) is 5.99. The molecule has 31 heavy (non-hydrogen) atoms. The van der Waals surface area contributed by atoms with Gasteiger partial charge in [0.2, 0.25) is 5.95 Å². The van der Waals surface area contributed by atoms with Gasteiger partial charge in [0, 0.05) is 30.4 Å². The van der Waals surface area contributed by atoms with E-state index in [1.807, 2.05) is 24.3 Å². The summed E-state index contributed by atoms with van der Waals surface area (Å²) in [5.41, 5.74) is 2.44.